The van der Waals surface area contributed by atoms with Crippen molar-refractivity contribution in [3.63, 3.8) is 0 Å². The molecule has 0 bridgehead atoms. The fourth-order valence-electron chi connectivity index (χ4n) is 8.92. The molecule has 4 aliphatic rings. The summed E-state index contributed by atoms with van der Waals surface area (Å²) in [5.41, 5.74) is 7.72. The predicted molar refractivity (Wildman–Crippen MR) is 133 cm³/mol. The molecule has 0 aromatic rings. The highest BCUT2D eigenvalue weighted by molar-refractivity contribution is 5.64. The summed E-state index contributed by atoms with van der Waals surface area (Å²) in [6.45, 7) is 12.5. The van der Waals surface area contributed by atoms with E-state index in [1.54, 1.807) is 5.57 Å². The number of hydrogen-bond donors (Lipinski definition) is 2. The Morgan fingerprint density at radius 3 is 2.53 bits per heavy atom. The minimum Gasteiger partial charge on any atom is -0.446 e. The van der Waals surface area contributed by atoms with Crippen LogP contribution >= 0.6 is 0 Å². The number of fused-ring (bicyclic) bond motifs is 5. The number of primary amides is 1. The number of allylic oxidation sites excluding steroid dienone is 1. The molecule has 4 aliphatic carbocycles. The van der Waals surface area contributed by atoms with Crippen molar-refractivity contribution >= 4 is 6.09 Å². The Bertz CT molecular complexity index is 704. The van der Waals surface area contributed by atoms with Crippen molar-refractivity contribution in [2.75, 3.05) is 0 Å². The predicted octanol–water partition coefficient (Wildman–Crippen LogP) is 7.65. The van der Waals surface area contributed by atoms with Crippen molar-refractivity contribution < 1.29 is 9.53 Å². The normalized spacial score (nSPS) is 41.6. The number of nitrogens with two attached hydrogens (primary N) is 1. The van der Waals surface area contributed by atoms with Gasteiger partial charge in [0.05, 0.1) is 0 Å². The van der Waals surface area contributed by atoms with Crippen LogP contribution in [0, 0.1) is 46.3 Å². The van der Waals surface area contributed by atoms with E-state index in [2.05, 4.69) is 40.7 Å². The van der Waals surface area contributed by atoms with Crippen LogP contribution in [-0.2, 0) is 4.74 Å². The second kappa shape index (κ2) is 9.68. The first kappa shape index (κ1) is 25.6. The summed E-state index contributed by atoms with van der Waals surface area (Å²) in [4.78, 5) is 11.3. The van der Waals surface area contributed by atoms with Gasteiger partial charge < -0.3 is 16.6 Å². The summed E-state index contributed by atoms with van der Waals surface area (Å²) in [5, 5.41) is 0. The molecule has 0 spiro atoms. The number of amides is 1. The van der Waals surface area contributed by atoms with E-state index in [4.69, 9.17) is 10.5 Å². The van der Waals surface area contributed by atoms with E-state index in [9.17, 15) is 4.79 Å². The second-order valence-corrected chi connectivity index (χ2v) is 12.6. The molecule has 0 aliphatic heterocycles. The van der Waals surface area contributed by atoms with Gasteiger partial charge in [-0.2, -0.15) is 0 Å². The number of ether oxygens (including phenoxy) is 1. The molecule has 5 N–H and O–H groups in total. The molecular weight excluding hydrogens is 396 g/mol. The number of carbonyl (C=O) groups excluding carboxylic acids is 1. The zero-order valence-corrected chi connectivity index (χ0v) is 21.5. The summed E-state index contributed by atoms with van der Waals surface area (Å²) in [7, 11) is 0. The lowest BCUT2D eigenvalue weighted by Crippen LogP contribution is -2.51. The fourth-order valence-corrected chi connectivity index (χ4v) is 8.92. The quantitative estimate of drug-likeness (QED) is 0.411. The smallest absolute Gasteiger partial charge is 0.404 e. The van der Waals surface area contributed by atoms with Crippen molar-refractivity contribution in [1.29, 1.82) is 0 Å². The molecule has 0 saturated heterocycles. The van der Waals surface area contributed by atoms with Crippen molar-refractivity contribution in [3.05, 3.63) is 11.6 Å². The molecule has 1 amide bonds. The Labute approximate surface area is 197 Å². The van der Waals surface area contributed by atoms with E-state index in [1.165, 1.54) is 51.4 Å². The summed E-state index contributed by atoms with van der Waals surface area (Å²) in [6.07, 6.45) is 16.1. The number of hydrogen-bond acceptors (Lipinski definition) is 3. The molecule has 0 heterocycles. The second-order valence-electron chi connectivity index (χ2n) is 12.6. The van der Waals surface area contributed by atoms with Gasteiger partial charge in [0.25, 0.3) is 0 Å². The van der Waals surface area contributed by atoms with Crippen LogP contribution in [0.1, 0.15) is 105 Å². The molecule has 32 heavy (non-hydrogen) atoms. The van der Waals surface area contributed by atoms with Crippen LogP contribution in [0.2, 0.25) is 0 Å². The van der Waals surface area contributed by atoms with Crippen LogP contribution < -0.4 is 11.9 Å². The Hall–Kier alpha value is -1.03. The van der Waals surface area contributed by atoms with Gasteiger partial charge in [-0.25, -0.2) is 4.79 Å². The van der Waals surface area contributed by atoms with Crippen LogP contribution in [0.4, 0.5) is 4.79 Å². The van der Waals surface area contributed by atoms with Gasteiger partial charge in [0.15, 0.2) is 0 Å². The lowest BCUT2D eigenvalue weighted by molar-refractivity contribution is -0.0578. The molecule has 0 aromatic carbocycles. The molecule has 0 aromatic heterocycles. The number of rotatable bonds is 6. The summed E-state index contributed by atoms with van der Waals surface area (Å²) in [6, 6.07) is 0. The Kier molecular flexibility index (Phi) is 7.74. The molecule has 4 rings (SSSR count). The third kappa shape index (κ3) is 4.50. The van der Waals surface area contributed by atoms with E-state index in [-0.39, 0.29) is 12.3 Å². The minimum absolute atomic E-state index is 0. The molecule has 3 fully saturated rings. The van der Waals surface area contributed by atoms with Crippen LogP contribution in [0.5, 0.6) is 0 Å². The van der Waals surface area contributed by atoms with E-state index in [0.29, 0.717) is 10.8 Å². The van der Waals surface area contributed by atoms with Crippen LogP contribution in [-0.4, -0.2) is 12.2 Å². The van der Waals surface area contributed by atoms with Gasteiger partial charge in [-0.3, -0.25) is 0 Å². The maximum absolute atomic E-state index is 11.3. The maximum atomic E-state index is 11.3. The largest absolute Gasteiger partial charge is 0.446 e. The van der Waals surface area contributed by atoms with Gasteiger partial charge in [-0.05, 0) is 91.3 Å². The van der Waals surface area contributed by atoms with Gasteiger partial charge in [-0.15, -0.1) is 0 Å². The molecule has 0 unspecified atom stereocenters. The lowest BCUT2D eigenvalue weighted by atomic mass is 9.47. The first-order valence-corrected chi connectivity index (χ1v) is 13.3. The van der Waals surface area contributed by atoms with Gasteiger partial charge in [-0.1, -0.05) is 65.5 Å². The summed E-state index contributed by atoms with van der Waals surface area (Å²) < 4.78 is 5.39. The van der Waals surface area contributed by atoms with Crippen LogP contribution in [0.15, 0.2) is 11.6 Å². The Morgan fingerprint density at radius 2 is 1.84 bits per heavy atom. The van der Waals surface area contributed by atoms with Crippen LogP contribution in [0.25, 0.3) is 0 Å². The molecule has 0 radical (unpaired) electrons. The monoisotopic (exact) mass is 446 g/mol. The molecular formula is C28H50N2O2. The van der Waals surface area contributed by atoms with Crippen molar-refractivity contribution in [3.8, 4) is 0 Å². The van der Waals surface area contributed by atoms with Crippen LogP contribution in [0.3, 0.4) is 0 Å². The third-order valence-electron chi connectivity index (χ3n) is 10.5. The van der Waals surface area contributed by atoms with E-state index in [1.807, 2.05) is 0 Å². The fraction of sp³-hybridized carbons (Fsp3) is 0.893. The SMILES string of the molecule is CC(C)CCC[C@@H](C)[C@H]1CC[C@H]2[C@@H]3CC=C4C[C@@H](OC(N)=O)CC[C@]4(C)[C@H]3CC[C@]12C.N. The summed E-state index contributed by atoms with van der Waals surface area (Å²) >= 11 is 0. The molecule has 4 heteroatoms. The first-order chi connectivity index (χ1) is 14.6. The molecule has 184 valence electrons. The zero-order valence-electron chi connectivity index (χ0n) is 21.5. The highest BCUT2D eigenvalue weighted by Gasteiger charge is 2.59. The first-order valence-electron chi connectivity index (χ1n) is 13.3. The maximum Gasteiger partial charge on any atom is 0.404 e. The van der Waals surface area contributed by atoms with E-state index in [0.717, 1.165) is 54.8 Å². The minimum atomic E-state index is -0.615. The highest BCUT2D eigenvalue weighted by atomic mass is 16.6. The standard InChI is InChI=1S/C28H47NO2.H3N/c1-18(2)7-6-8-19(3)23-11-12-24-22-10-9-20-17-21(31-26(29)30)13-15-27(20,4)25(22)14-16-28(23,24)5;/h9,18-19,21-25H,6-8,10-17H2,1-5H3,(H2,29,30);1H3/t19-,21+,22+,23-,24+,25+,27+,28-;/m1./s1. The van der Waals surface area contributed by atoms with Crippen molar-refractivity contribution in [2.45, 2.75) is 111 Å². The van der Waals surface area contributed by atoms with Gasteiger partial charge in [0.1, 0.15) is 6.10 Å². The van der Waals surface area contributed by atoms with E-state index >= 15 is 0 Å². The average Bonchev–Trinajstić information content (AvgIpc) is 3.05. The molecule has 3 saturated carbocycles. The highest BCUT2D eigenvalue weighted by Crippen LogP contribution is 2.67. The zero-order chi connectivity index (χ0) is 22.4. The summed E-state index contributed by atoms with van der Waals surface area (Å²) in [5.74, 6) is 5.20. The lowest BCUT2D eigenvalue weighted by Gasteiger charge is -2.58. The topological polar surface area (TPSA) is 87.3 Å². The van der Waals surface area contributed by atoms with Gasteiger partial charge in [0.2, 0.25) is 0 Å². The average molecular weight is 447 g/mol. The van der Waals surface area contributed by atoms with E-state index < -0.39 is 6.09 Å². The van der Waals surface area contributed by atoms with Gasteiger partial charge in [0, 0.05) is 6.42 Å². The van der Waals surface area contributed by atoms with Crippen molar-refractivity contribution in [2.24, 2.45) is 52.1 Å². The molecule has 4 nitrogen and oxygen atoms in total. The Balaban J connectivity index is 0.00000289. The third-order valence-corrected chi connectivity index (χ3v) is 10.5. The number of carbonyl (C=O) groups is 1. The molecule has 8 atom stereocenters. The van der Waals surface area contributed by atoms with Crippen molar-refractivity contribution in [1.82, 2.24) is 6.15 Å². The Morgan fingerprint density at radius 1 is 1.09 bits per heavy atom. The van der Waals surface area contributed by atoms with Gasteiger partial charge >= 0.3 is 6.09 Å².